The van der Waals surface area contributed by atoms with Crippen molar-refractivity contribution in [1.29, 1.82) is 0 Å². The molecule has 1 saturated heterocycles. The van der Waals surface area contributed by atoms with Gasteiger partial charge in [-0.25, -0.2) is 0 Å². The van der Waals surface area contributed by atoms with Gasteiger partial charge in [0.15, 0.2) is 0 Å². The lowest BCUT2D eigenvalue weighted by molar-refractivity contribution is 0.0273. The van der Waals surface area contributed by atoms with Gasteiger partial charge in [-0.2, -0.15) is 0 Å². The second-order valence-corrected chi connectivity index (χ2v) is 4.51. The maximum atomic E-state index is 9.72. The summed E-state index contributed by atoms with van der Waals surface area (Å²) in [5.41, 5.74) is 2.76. The second-order valence-electron chi connectivity index (χ2n) is 4.13. The van der Waals surface area contributed by atoms with Crippen molar-refractivity contribution in [3.63, 3.8) is 0 Å². The zero-order valence-electron chi connectivity index (χ0n) is 9.51. The highest BCUT2D eigenvalue weighted by molar-refractivity contribution is 6.33. The molecular formula is C12H16ClNO2. The molecule has 2 N–H and O–H groups in total. The molecule has 1 heterocycles. The van der Waals surface area contributed by atoms with Crippen LogP contribution in [0.1, 0.15) is 22.8 Å². The summed E-state index contributed by atoms with van der Waals surface area (Å²) in [5.74, 6) is 0.173. The standard InChI is InChI=1S/C12H16ClNO2/c1-7-5-9(8(2)11(13)12(7)15)10-6-14-3-4-16-10/h5,10,14-15H,3-4,6H2,1-2H3. The van der Waals surface area contributed by atoms with E-state index in [0.717, 1.165) is 29.8 Å². The Kier molecular flexibility index (Phi) is 3.38. The molecule has 1 aromatic carbocycles. The molecular weight excluding hydrogens is 226 g/mol. The molecule has 88 valence electrons. The number of morpholine rings is 1. The summed E-state index contributed by atoms with van der Waals surface area (Å²) >= 11 is 6.08. The number of phenolic OH excluding ortho intramolecular Hbond substituents is 1. The number of hydrogen-bond donors (Lipinski definition) is 2. The summed E-state index contributed by atoms with van der Waals surface area (Å²) in [6.07, 6.45) is 0.0329. The smallest absolute Gasteiger partial charge is 0.137 e. The molecule has 0 amide bonds. The Morgan fingerprint density at radius 3 is 2.88 bits per heavy atom. The molecule has 0 aliphatic carbocycles. The Morgan fingerprint density at radius 1 is 1.50 bits per heavy atom. The zero-order chi connectivity index (χ0) is 11.7. The van der Waals surface area contributed by atoms with Crippen LogP contribution in [0.5, 0.6) is 5.75 Å². The maximum Gasteiger partial charge on any atom is 0.137 e. The lowest BCUT2D eigenvalue weighted by Crippen LogP contribution is -2.33. The van der Waals surface area contributed by atoms with Gasteiger partial charge in [-0.05, 0) is 36.6 Å². The van der Waals surface area contributed by atoms with E-state index >= 15 is 0 Å². The van der Waals surface area contributed by atoms with Gasteiger partial charge < -0.3 is 15.2 Å². The maximum absolute atomic E-state index is 9.72. The lowest BCUT2D eigenvalue weighted by Gasteiger charge is -2.26. The van der Waals surface area contributed by atoms with Gasteiger partial charge in [0.05, 0.1) is 17.7 Å². The summed E-state index contributed by atoms with van der Waals surface area (Å²) in [4.78, 5) is 0. The molecule has 1 fully saturated rings. The number of aromatic hydroxyl groups is 1. The minimum atomic E-state index is 0.0329. The number of hydrogen-bond acceptors (Lipinski definition) is 3. The van der Waals surface area contributed by atoms with Gasteiger partial charge in [0.2, 0.25) is 0 Å². The van der Waals surface area contributed by atoms with Crippen LogP contribution in [-0.4, -0.2) is 24.8 Å². The largest absolute Gasteiger partial charge is 0.506 e. The van der Waals surface area contributed by atoms with Crippen LogP contribution in [0.4, 0.5) is 0 Å². The van der Waals surface area contributed by atoms with Crippen LogP contribution in [0.3, 0.4) is 0 Å². The summed E-state index contributed by atoms with van der Waals surface area (Å²) in [6, 6.07) is 1.95. The number of aryl methyl sites for hydroxylation is 1. The third kappa shape index (κ3) is 2.03. The van der Waals surface area contributed by atoms with Crippen molar-refractivity contribution in [2.45, 2.75) is 20.0 Å². The van der Waals surface area contributed by atoms with E-state index in [2.05, 4.69) is 5.32 Å². The van der Waals surface area contributed by atoms with Gasteiger partial charge >= 0.3 is 0 Å². The van der Waals surface area contributed by atoms with Crippen molar-refractivity contribution in [1.82, 2.24) is 5.32 Å². The normalized spacial score (nSPS) is 21.1. The summed E-state index contributed by atoms with van der Waals surface area (Å²) < 4.78 is 5.69. The number of nitrogens with one attached hydrogen (secondary N) is 1. The Bertz CT molecular complexity index is 400. The van der Waals surface area contributed by atoms with E-state index in [1.165, 1.54) is 0 Å². The van der Waals surface area contributed by atoms with Gasteiger partial charge in [0.1, 0.15) is 5.75 Å². The molecule has 1 aliphatic heterocycles. The van der Waals surface area contributed by atoms with E-state index in [4.69, 9.17) is 16.3 Å². The van der Waals surface area contributed by atoms with Crippen molar-refractivity contribution in [3.05, 3.63) is 27.8 Å². The first-order valence-corrected chi connectivity index (χ1v) is 5.80. The predicted octanol–water partition coefficient (Wildman–Crippen LogP) is 2.32. The van der Waals surface area contributed by atoms with Crippen molar-refractivity contribution in [2.75, 3.05) is 19.7 Å². The van der Waals surface area contributed by atoms with E-state index in [1.54, 1.807) is 0 Å². The minimum Gasteiger partial charge on any atom is -0.506 e. The monoisotopic (exact) mass is 241 g/mol. The molecule has 0 saturated carbocycles. The van der Waals surface area contributed by atoms with Gasteiger partial charge in [0.25, 0.3) is 0 Å². The van der Waals surface area contributed by atoms with Crippen molar-refractivity contribution >= 4 is 11.6 Å². The summed E-state index contributed by atoms with van der Waals surface area (Å²) in [5, 5.41) is 13.4. The van der Waals surface area contributed by atoms with Crippen LogP contribution in [0, 0.1) is 13.8 Å². The fourth-order valence-electron chi connectivity index (χ4n) is 1.99. The average molecular weight is 242 g/mol. The van der Waals surface area contributed by atoms with Crippen molar-refractivity contribution in [3.8, 4) is 5.75 Å². The summed E-state index contributed by atoms with van der Waals surface area (Å²) in [6.45, 7) is 6.15. The third-order valence-corrected chi connectivity index (χ3v) is 3.45. The van der Waals surface area contributed by atoms with Crippen LogP contribution in [0.15, 0.2) is 6.07 Å². The fraction of sp³-hybridized carbons (Fsp3) is 0.500. The first kappa shape index (κ1) is 11.7. The van der Waals surface area contributed by atoms with Crippen LogP contribution in [-0.2, 0) is 4.74 Å². The van der Waals surface area contributed by atoms with Crippen LogP contribution in [0.25, 0.3) is 0 Å². The molecule has 4 heteroatoms. The minimum absolute atomic E-state index is 0.0329. The molecule has 0 bridgehead atoms. The first-order valence-electron chi connectivity index (χ1n) is 5.42. The van der Waals surface area contributed by atoms with Crippen LogP contribution in [0.2, 0.25) is 5.02 Å². The molecule has 0 aromatic heterocycles. The molecule has 16 heavy (non-hydrogen) atoms. The number of halogens is 1. The topological polar surface area (TPSA) is 41.5 Å². The van der Waals surface area contributed by atoms with E-state index < -0.39 is 0 Å². The van der Waals surface area contributed by atoms with E-state index in [1.807, 2.05) is 19.9 Å². The van der Waals surface area contributed by atoms with E-state index in [9.17, 15) is 5.11 Å². The Hall–Kier alpha value is -0.770. The molecule has 1 aromatic rings. The highest BCUT2D eigenvalue weighted by Crippen LogP contribution is 2.36. The molecule has 1 atom stereocenters. The molecule has 0 radical (unpaired) electrons. The van der Waals surface area contributed by atoms with Crippen LogP contribution >= 0.6 is 11.6 Å². The number of benzene rings is 1. The van der Waals surface area contributed by atoms with Crippen LogP contribution < -0.4 is 5.32 Å². The number of ether oxygens (including phenoxy) is 1. The average Bonchev–Trinajstić information content (AvgIpc) is 2.32. The molecule has 3 nitrogen and oxygen atoms in total. The molecule has 2 rings (SSSR count). The first-order chi connectivity index (χ1) is 7.61. The molecule has 0 spiro atoms. The van der Waals surface area contributed by atoms with Gasteiger partial charge in [-0.3, -0.25) is 0 Å². The van der Waals surface area contributed by atoms with Gasteiger partial charge in [-0.15, -0.1) is 0 Å². The number of rotatable bonds is 1. The Balaban J connectivity index is 2.40. The Labute approximate surface area is 100 Å². The van der Waals surface area contributed by atoms with Gasteiger partial charge in [-0.1, -0.05) is 11.6 Å². The quantitative estimate of drug-likeness (QED) is 0.793. The molecule has 1 unspecified atom stereocenters. The number of phenols is 1. The van der Waals surface area contributed by atoms with Gasteiger partial charge in [0, 0.05) is 13.1 Å². The summed E-state index contributed by atoms with van der Waals surface area (Å²) in [7, 11) is 0. The highest BCUT2D eigenvalue weighted by atomic mass is 35.5. The second kappa shape index (κ2) is 4.62. The van der Waals surface area contributed by atoms with E-state index in [0.29, 0.717) is 11.6 Å². The third-order valence-electron chi connectivity index (χ3n) is 2.99. The van der Waals surface area contributed by atoms with E-state index in [-0.39, 0.29) is 11.9 Å². The Morgan fingerprint density at radius 2 is 2.25 bits per heavy atom. The zero-order valence-corrected chi connectivity index (χ0v) is 10.3. The SMILES string of the molecule is Cc1cc(C2CNCCO2)c(C)c(Cl)c1O. The fourth-order valence-corrected chi connectivity index (χ4v) is 2.25. The predicted molar refractivity (Wildman–Crippen MR) is 64.2 cm³/mol. The highest BCUT2D eigenvalue weighted by Gasteiger charge is 2.21. The van der Waals surface area contributed by atoms with Crippen molar-refractivity contribution in [2.24, 2.45) is 0 Å². The molecule has 1 aliphatic rings. The van der Waals surface area contributed by atoms with Crippen molar-refractivity contribution < 1.29 is 9.84 Å². The lowest BCUT2D eigenvalue weighted by atomic mass is 9.99.